The number of unbranched alkanes of at least 4 members (excludes halogenated alkanes) is 7. The SMILES string of the molecule is CCCCCCN(CCCC)CCCCCCOC=O. The van der Waals surface area contributed by atoms with Crippen molar-refractivity contribution in [2.75, 3.05) is 26.2 Å². The third kappa shape index (κ3) is 13.9. The van der Waals surface area contributed by atoms with Gasteiger partial charge in [-0.15, -0.1) is 0 Å². The van der Waals surface area contributed by atoms with Crippen LogP contribution in [0.15, 0.2) is 0 Å². The number of rotatable bonds is 16. The van der Waals surface area contributed by atoms with Crippen LogP contribution in [0.2, 0.25) is 0 Å². The number of hydrogen-bond acceptors (Lipinski definition) is 3. The fourth-order valence-corrected chi connectivity index (χ4v) is 2.40. The van der Waals surface area contributed by atoms with Gasteiger partial charge in [0.15, 0.2) is 0 Å². The zero-order chi connectivity index (χ0) is 14.9. The maximum absolute atomic E-state index is 10.0. The van der Waals surface area contributed by atoms with Crippen LogP contribution in [0.25, 0.3) is 0 Å². The number of hydrogen-bond donors (Lipinski definition) is 0. The number of ether oxygens (including phenoxy) is 1. The lowest BCUT2D eigenvalue weighted by molar-refractivity contribution is -0.128. The molecule has 0 aliphatic heterocycles. The van der Waals surface area contributed by atoms with Crippen molar-refractivity contribution in [1.29, 1.82) is 0 Å². The first-order valence-corrected chi connectivity index (χ1v) is 8.62. The van der Waals surface area contributed by atoms with Gasteiger partial charge in [0.1, 0.15) is 0 Å². The standard InChI is InChI=1S/C17H35NO2/c1-3-5-7-10-14-18(13-6-4-2)15-11-8-9-12-16-20-17-19/h17H,3-16H2,1-2H3. The molecule has 0 aromatic heterocycles. The van der Waals surface area contributed by atoms with Crippen LogP contribution in [-0.2, 0) is 9.53 Å². The van der Waals surface area contributed by atoms with Gasteiger partial charge in [-0.3, -0.25) is 4.79 Å². The molecule has 120 valence electrons. The van der Waals surface area contributed by atoms with Crippen molar-refractivity contribution >= 4 is 6.47 Å². The highest BCUT2D eigenvalue weighted by Gasteiger charge is 2.03. The molecule has 0 rings (SSSR count). The van der Waals surface area contributed by atoms with Gasteiger partial charge in [0, 0.05) is 0 Å². The molecule has 0 spiro atoms. The van der Waals surface area contributed by atoms with E-state index in [2.05, 4.69) is 18.7 Å². The van der Waals surface area contributed by atoms with Crippen molar-refractivity contribution in [3.8, 4) is 0 Å². The molecule has 20 heavy (non-hydrogen) atoms. The normalized spacial score (nSPS) is 10.9. The van der Waals surface area contributed by atoms with Gasteiger partial charge in [0.2, 0.25) is 0 Å². The Kier molecular flexibility index (Phi) is 16.0. The van der Waals surface area contributed by atoms with Crippen molar-refractivity contribution in [2.45, 2.75) is 78.1 Å². The van der Waals surface area contributed by atoms with Crippen LogP contribution in [0.3, 0.4) is 0 Å². The van der Waals surface area contributed by atoms with Crippen LogP contribution in [0.1, 0.15) is 78.1 Å². The third-order valence-electron chi connectivity index (χ3n) is 3.71. The molecule has 0 radical (unpaired) electrons. The first-order valence-electron chi connectivity index (χ1n) is 8.62. The Balaban J connectivity index is 3.55. The topological polar surface area (TPSA) is 29.5 Å². The second-order valence-corrected chi connectivity index (χ2v) is 5.64. The molecule has 0 bridgehead atoms. The molecule has 3 nitrogen and oxygen atoms in total. The van der Waals surface area contributed by atoms with Gasteiger partial charge in [0.05, 0.1) is 6.61 Å². The molecule has 0 amide bonds. The molecule has 3 heteroatoms. The predicted molar refractivity (Wildman–Crippen MR) is 86.0 cm³/mol. The van der Waals surface area contributed by atoms with E-state index in [0.29, 0.717) is 13.1 Å². The van der Waals surface area contributed by atoms with E-state index in [9.17, 15) is 4.79 Å². The summed E-state index contributed by atoms with van der Waals surface area (Å²) in [6.07, 6.45) is 12.7. The van der Waals surface area contributed by atoms with E-state index < -0.39 is 0 Å². The third-order valence-corrected chi connectivity index (χ3v) is 3.71. The molecule has 0 fully saturated rings. The predicted octanol–water partition coefficient (Wildman–Crippen LogP) is 4.40. The van der Waals surface area contributed by atoms with E-state index in [0.717, 1.165) is 6.42 Å². The largest absolute Gasteiger partial charge is 0.468 e. The van der Waals surface area contributed by atoms with E-state index in [-0.39, 0.29) is 0 Å². The summed E-state index contributed by atoms with van der Waals surface area (Å²) in [6.45, 7) is 9.43. The van der Waals surface area contributed by atoms with E-state index in [4.69, 9.17) is 4.74 Å². The Morgan fingerprint density at radius 2 is 1.30 bits per heavy atom. The zero-order valence-corrected chi connectivity index (χ0v) is 13.7. The summed E-state index contributed by atoms with van der Waals surface area (Å²) in [7, 11) is 0. The van der Waals surface area contributed by atoms with Gasteiger partial charge >= 0.3 is 0 Å². The highest BCUT2D eigenvalue weighted by molar-refractivity contribution is 5.36. The van der Waals surface area contributed by atoms with Gasteiger partial charge in [0.25, 0.3) is 6.47 Å². The summed E-state index contributed by atoms with van der Waals surface area (Å²) in [6, 6.07) is 0. The summed E-state index contributed by atoms with van der Waals surface area (Å²) < 4.78 is 4.70. The smallest absolute Gasteiger partial charge is 0.293 e. The monoisotopic (exact) mass is 285 g/mol. The van der Waals surface area contributed by atoms with Crippen LogP contribution in [0.5, 0.6) is 0 Å². The van der Waals surface area contributed by atoms with E-state index in [1.165, 1.54) is 77.4 Å². The molecule has 0 aromatic carbocycles. The fourth-order valence-electron chi connectivity index (χ4n) is 2.40. The molecule has 0 aliphatic rings. The lowest BCUT2D eigenvalue weighted by Crippen LogP contribution is -2.27. The fraction of sp³-hybridized carbons (Fsp3) is 0.941. The van der Waals surface area contributed by atoms with Crippen LogP contribution in [0.4, 0.5) is 0 Å². The first kappa shape index (κ1) is 19.4. The summed E-state index contributed by atoms with van der Waals surface area (Å²) in [4.78, 5) is 12.6. The quantitative estimate of drug-likeness (QED) is 0.311. The van der Waals surface area contributed by atoms with Gasteiger partial charge < -0.3 is 9.64 Å². The molecule has 0 atom stereocenters. The van der Waals surface area contributed by atoms with Crippen LogP contribution >= 0.6 is 0 Å². The lowest BCUT2D eigenvalue weighted by atomic mass is 10.1. The van der Waals surface area contributed by atoms with E-state index in [1.807, 2.05) is 0 Å². The highest BCUT2D eigenvalue weighted by atomic mass is 16.5. The Morgan fingerprint density at radius 1 is 0.750 bits per heavy atom. The summed E-state index contributed by atoms with van der Waals surface area (Å²) >= 11 is 0. The minimum Gasteiger partial charge on any atom is -0.468 e. The molecule has 0 unspecified atom stereocenters. The van der Waals surface area contributed by atoms with Crippen molar-refractivity contribution in [3.63, 3.8) is 0 Å². The maximum Gasteiger partial charge on any atom is 0.293 e. The van der Waals surface area contributed by atoms with Crippen molar-refractivity contribution < 1.29 is 9.53 Å². The summed E-state index contributed by atoms with van der Waals surface area (Å²) in [5.74, 6) is 0. The maximum atomic E-state index is 10.0. The van der Waals surface area contributed by atoms with Gasteiger partial charge in [-0.2, -0.15) is 0 Å². The van der Waals surface area contributed by atoms with E-state index in [1.54, 1.807) is 0 Å². The lowest BCUT2D eigenvalue weighted by Gasteiger charge is -2.22. The first-order chi connectivity index (χ1) is 9.85. The Labute approximate surface area is 126 Å². The molecular weight excluding hydrogens is 250 g/mol. The molecule has 0 heterocycles. The molecular formula is C17H35NO2. The van der Waals surface area contributed by atoms with E-state index >= 15 is 0 Å². The Bertz CT molecular complexity index is 197. The van der Waals surface area contributed by atoms with Gasteiger partial charge in [-0.25, -0.2) is 0 Å². The van der Waals surface area contributed by atoms with Crippen molar-refractivity contribution in [1.82, 2.24) is 4.90 Å². The van der Waals surface area contributed by atoms with Crippen molar-refractivity contribution in [3.05, 3.63) is 0 Å². The summed E-state index contributed by atoms with van der Waals surface area (Å²) in [5.41, 5.74) is 0. The molecule has 0 saturated carbocycles. The average Bonchev–Trinajstić information content (AvgIpc) is 2.47. The molecule has 0 aliphatic carbocycles. The zero-order valence-electron chi connectivity index (χ0n) is 13.7. The number of carbonyl (C=O) groups is 1. The average molecular weight is 285 g/mol. The minimum absolute atomic E-state index is 0.544. The van der Waals surface area contributed by atoms with Gasteiger partial charge in [-0.1, -0.05) is 52.4 Å². The number of nitrogens with zero attached hydrogens (tertiary/aromatic N) is 1. The van der Waals surface area contributed by atoms with Gasteiger partial charge in [-0.05, 0) is 45.3 Å². The molecule has 0 aromatic rings. The van der Waals surface area contributed by atoms with Crippen LogP contribution < -0.4 is 0 Å². The second-order valence-electron chi connectivity index (χ2n) is 5.64. The minimum atomic E-state index is 0.544. The second kappa shape index (κ2) is 16.5. The van der Waals surface area contributed by atoms with Crippen LogP contribution in [0, 0.1) is 0 Å². The van der Waals surface area contributed by atoms with Crippen molar-refractivity contribution in [2.24, 2.45) is 0 Å². The Morgan fingerprint density at radius 3 is 1.90 bits per heavy atom. The molecule has 0 N–H and O–H groups in total. The van der Waals surface area contributed by atoms with Crippen LogP contribution in [-0.4, -0.2) is 37.6 Å². The molecule has 0 saturated heterocycles. The Hall–Kier alpha value is -0.570. The number of carbonyl (C=O) groups excluding carboxylic acids is 1. The highest BCUT2D eigenvalue weighted by Crippen LogP contribution is 2.06. The summed E-state index contributed by atoms with van der Waals surface area (Å²) in [5, 5.41) is 0.